The maximum atomic E-state index is 9.69. The van der Waals surface area contributed by atoms with E-state index in [0.717, 1.165) is 35.4 Å². The van der Waals surface area contributed by atoms with Gasteiger partial charge in [0.2, 0.25) is 0 Å². The molecule has 33 heavy (non-hydrogen) atoms. The van der Waals surface area contributed by atoms with E-state index in [0.29, 0.717) is 33.5 Å². The molecule has 0 unspecified atom stereocenters. The zero-order valence-electron chi connectivity index (χ0n) is 17.5. The first-order valence-electron chi connectivity index (χ1n) is 10.5. The number of nitrogens with zero attached hydrogens (tertiary/aromatic N) is 5. The fourth-order valence-corrected chi connectivity index (χ4v) is 4.91. The number of pyridine rings is 1. The Balaban J connectivity index is 1.28. The molecule has 0 saturated carbocycles. The van der Waals surface area contributed by atoms with E-state index in [-0.39, 0.29) is 6.10 Å². The van der Waals surface area contributed by atoms with Crippen LogP contribution in [0.15, 0.2) is 76.1 Å². The lowest BCUT2D eigenvalue weighted by molar-refractivity contribution is 0.225. The molecule has 1 aliphatic heterocycles. The van der Waals surface area contributed by atoms with Crippen LogP contribution in [-0.2, 0) is 0 Å². The van der Waals surface area contributed by atoms with Gasteiger partial charge < -0.3 is 19.3 Å². The highest BCUT2D eigenvalue weighted by Crippen LogP contribution is 2.29. The molecule has 0 spiro atoms. The van der Waals surface area contributed by atoms with Gasteiger partial charge in [-0.15, -0.1) is 11.3 Å². The zero-order valence-corrected chi connectivity index (χ0v) is 18.3. The van der Waals surface area contributed by atoms with E-state index in [1.165, 1.54) is 0 Å². The van der Waals surface area contributed by atoms with Gasteiger partial charge in [-0.3, -0.25) is 4.98 Å². The van der Waals surface area contributed by atoms with Crippen molar-refractivity contribution in [2.75, 3.05) is 18.0 Å². The van der Waals surface area contributed by atoms with Crippen LogP contribution in [0.2, 0.25) is 0 Å². The number of anilines is 1. The normalized spacial score (nSPS) is 16.7. The topological polar surface area (TPSA) is 96.9 Å². The van der Waals surface area contributed by atoms with E-state index >= 15 is 0 Å². The summed E-state index contributed by atoms with van der Waals surface area (Å²) in [7, 11) is 0. The number of ether oxygens (including phenoxy) is 1. The average molecular weight is 458 g/mol. The van der Waals surface area contributed by atoms with Crippen molar-refractivity contribution in [3.05, 3.63) is 71.9 Å². The van der Waals surface area contributed by atoms with Crippen molar-refractivity contribution in [2.45, 2.75) is 12.5 Å². The van der Waals surface area contributed by atoms with Gasteiger partial charge in [0.25, 0.3) is 0 Å². The Morgan fingerprint density at radius 1 is 1.15 bits per heavy atom. The average Bonchev–Trinajstić information content (AvgIpc) is 3.53. The summed E-state index contributed by atoms with van der Waals surface area (Å²) in [5.74, 6) is 2.13. The first kappa shape index (κ1) is 19.7. The Morgan fingerprint density at radius 3 is 3.00 bits per heavy atom. The van der Waals surface area contributed by atoms with E-state index < -0.39 is 0 Å². The number of benzene rings is 1. The van der Waals surface area contributed by atoms with Gasteiger partial charge in [0, 0.05) is 41.5 Å². The van der Waals surface area contributed by atoms with Crippen molar-refractivity contribution in [1.82, 2.24) is 15.0 Å². The van der Waals surface area contributed by atoms with Gasteiger partial charge in [0.1, 0.15) is 40.6 Å². The van der Waals surface area contributed by atoms with Crippen LogP contribution in [0.1, 0.15) is 6.42 Å². The molecular formula is C24H19N5O3S. The molecule has 0 amide bonds. The van der Waals surface area contributed by atoms with Crippen LogP contribution >= 0.6 is 11.3 Å². The molecule has 1 aromatic carbocycles. The van der Waals surface area contributed by atoms with Crippen LogP contribution < -0.4 is 15.0 Å². The monoisotopic (exact) mass is 457 g/mol. The van der Waals surface area contributed by atoms with Crippen molar-refractivity contribution in [3.63, 3.8) is 0 Å². The quantitative estimate of drug-likeness (QED) is 0.315. The Hall–Kier alpha value is -3.98. The van der Waals surface area contributed by atoms with Gasteiger partial charge in [0.15, 0.2) is 5.76 Å². The fraction of sp³-hybridized carbons (Fsp3) is 0.167. The van der Waals surface area contributed by atoms with Crippen molar-refractivity contribution in [3.8, 4) is 17.2 Å². The SMILES string of the molecule is O/N=c1\cc(-c2cc3sccc3cn2)oc2ccc(O[C@@H]3CCN(c4ccncn4)C3)cc12. The predicted octanol–water partition coefficient (Wildman–Crippen LogP) is 4.45. The molecule has 9 heteroatoms. The smallest absolute Gasteiger partial charge is 0.155 e. The van der Waals surface area contributed by atoms with Crippen molar-refractivity contribution in [1.29, 1.82) is 0 Å². The number of hydrogen-bond acceptors (Lipinski definition) is 9. The molecule has 5 heterocycles. The largest absolute Gasteiger partial charge is 0.488 e. The third-order valence-electron chi connectivity index (χ3n) is 5.75. The number of aromatic nitrogens is 3. The van der Waals surface area contributed by atoms with Crippen LogP contribution in [0.25, 0.3) is 32.5 Å². The number of fused-ring (bicyclic) bond motifs is 2. The van der Waals surface area contributed by atoms with Gasteiger partial charge in [-0.1, -0.05) is 5.16 Å². The van der Waals surface area contributed by atoms with Gasteiger partial charge >= 0.3 is 0 Å². The fourth-order valence-electron chi connectivity index (χ4n) is 4.12. The Morgan fingerprint density at radius 2 is 2.12 bits per heavy atom. The zero-order chi connectivity index (χ0) is 22.2. The van der Waals surface area contributed by atoms with Crippen LogP contribution in [0.4, 0.5) is 5.82 Å². The minimum absolute atomic E-state index is 0.0323. The van der Waals surface area contributed by atoms with Crippen molar-refractivity contribution < 1.29 is 14.4 Å². The maximum absolute atomic E-state index is 9.69. The van der Waals surface area contributed by atoms with E-state index in [2.05, 4.69) is 25.0 Å². The highest BCUT2D eigenvalue weighted by Gasteiger charge is 2.25. The molecule has 0 aliphatic carbocycles. The summed E-state index contributed by atoms with van der Waals surface area (Å²) in [6.45, 7) is 1.61. The van der Waals surface area contributed by atoms with E-state index in [1.807, 2.05) is 48.0 Å². The summed E-state index contributed by atoms with van der Waals surface area (Å²) in [4.78, 5) is 15.0. The van der Waals surface area contributed by atoms with Gasteiger partial charge in [-0.2, -0.15) is 0 Å². The Labute approximate surface area is 192 Å². The molecule has 164 valence electrons. The number of rotatable bonds is 4. The summed E-state index contributed by atoms with van der Waals surface area (Å²) >= 11 is 1.64. The van der Waals surface area contributed by atoms with Crippen molar-refractivity contribution >= 4 is 38.2 Å². The van der Waals surface area contributed by atoms with Crippen LogP contribution in [0.5, 0.6) is 5.75 Å². The summed E-state index contributed by atoms with van der Waals surface area (Å²) in [6.07, 6.45) is 6.04. The highest BCUT2D eigenvalue weighted by molar-refractivity contribution is 7.17. The second kappa shape index (κ2) is 8.18. The molecular weight excluding hydrogens is 438 g/mol. The van der Waals surface area contributed by atoms with Crippen LogP contribution in [-0.4, -0.2) is 39.4 Å². The van der Waals surface area contributed by atoms with Crippen LogP contribution in [0, 0.1) is 0 Å². The van der Waals surface area contributed by atoms with E-state index in [1.54, 1.807) is 29.9 Å². The third kappa shape index (κ3) is 3.76. The standard InChI is InChI=1S/C24H19N5O3S/c30-28-19-10-22(20-11-23-15(12-26-20)5-8-33-23)32-21-2-1-16(9-18(19)21)31-17-4-7-29(13-17)24-3-6-25-14-27-24/h1-3,5-6,8-12,14,17,30H,4,7,13H2/b28-19+/t17-/m1/s1. The Bertz CT molecular complexity index is 1520. The summed E-state index contributed by atoms with van der Waals surface area (Å²) in [5, 5.41) is 17.4. The second-order valence-electron chi connectivity index (χ2n) is 7.82. The molecule has 1 N–H and O–H groups in total. The lowest BCUT2D eigenvalue weighted by atomic mass is 10.1. The molecule has 5 aromatic rings. The molecule has 1 saturated heterocycles. The number of thiophene rings is 1. The van der Waals surface area contributed by atoms with Gasteiger partial charge in [-0.05, 0) is 41.8 Å². The van der Waals surface area contributed by atoms with E-state index in [4.69, 9.17) is 9.15 Å². The minimum atomic E-state index is 0.0323. The third-order valence-corrected chi connectivity index (χ3v) is 6.63. The molecule has 0 radical (unpaired) electrons. The van der Waals surface area contributed by atoms with E-state index in [9.17, 15) is 5.21 Å². The van der Waals surface area contributed by atoms with Gasteiger partial charge in [0.05, 0.1) is 11.9 Å². The predicted molar refractivity (Wildman–Crippen MR) is 125 cm³/mol. The van der Waals surface area contributed by atoms with Crippen molar-refractivity contribution in [2.24, 2.45) is 5.16 Å². The summed E-state index contributed by atoms with van der Waals surface area (Å²) in [6, 6.07) is 13.2. The summed E-state index contributed by atoms with van der Waals surface area (Å²) < 4.78 is 13.5. The Kier molecular flexibility index (Phi) is 4.88. The summed E-state index contributed by atoms with van der Waals surface area (Å²) in [5.41, 5.74) is 1.28. The van der Waals surface area contributed by atoms with Crippen LogP contribution in [0.3, 0.4) is 0 Å². The molecule has 4 aromatic heterocycles. The first-order chi connectivity index (χ1) is 16.3. The molecule has 1 fully saturated rings. The lowest BCUT2D eigenvalue weighted by Gasteiger charge is -2.17. The molecule has 0 bridgehead atoms. The number of hydrogen-bond donors (Lipinski definition) is 1. The maximum Gasteiger partial charge on any atom is 0.155 e. The molecule has 1 atom stereocenters. The molecule has 6 rings (SSSR count). The first-order valence-corrected chi connectivity index (χ1v) is 11.4. The highest BCUT2D eigenvalue weighted by atomic mass is 32.1. The van der Waals surface area contributed by atoms with Gasteiger partial charge in [-0.25, -0.2) is 9.97 Å². The second-order valence-corrected chi connectivity index (χ2v) is 8.77. The molecule has 1 aliphatic rings. The minimum Gasteiger partial charge on any atom is -0.488 e. The lowest BCUT2D eigenvalue weighted by Crippen LogP contribution is -2.25. The molecule has 8 nitrogen and oxygen atoms in total.